The van der Waals surface area contributed by atoms with Gasteiger partial charge in [-0.1, -0.05) is 26.2 Å². The van der Waals surface area contributed by atoms with Crippen LogP contribution in [-0.4, -0.2) is 44.7 Å². The summed E-state index contributed by atoms with van der Waals surface area (Å²) in [5.74, 6) is -0.0560. The van der Waals surface area contributed by atoms with Crippen LogP contribution in [0.4, 0.5) is 0 Å². The third-order valence-electron chi connectivity index (χ3n) is 2.25. The largest absolute Gasteiger partial charge is 0.466 e. The number of quaternary nitrogens is 1. The number of carbonyl (C=O) groups is 1. The van der Waals surface area contributed by atoms with Gasteiger partial charge in [-0.25, -0.2) is 0 Å². The van der Waals surface area contributed by atoms with E-state index in [9.17, 15) is 4.79 Å². The first kappa shape index (κ1) is 14.4. The second-order valence-corrected chi connectivity index (χ2v) is 5.05. The van der Waals surface area contributed by atoms with Crippen LogP contribution in [0.25, 0.3) is 0 Å². The van der Waals surface area contributed by atoms with Crippen molar-refractivity contribution in [2.75, 3.05) is 34.3 Å². The summed E-state index contributed by atoms with van der Waals surface area (Å²) in [6, 6.07) is 0. The van der Waals surface area contributed by atoms with Gasteiger partial charge in [0.15, 0.2) is 0 Å². The van der Waals surface area contributed by atoms with Crippen LogP contribution in [0.3, 0.4) is 0 Å². The Labute approximate surface area is 94.0 Å². The van der Waals surface area contributed by atoms with Gasteiger partial charge >= 0.3 is 5.97 Å². The second kappa shape index (κ2) is 7.69. The maximum Gasteiger partial charge on any atom is 0.311 e. The van der Waals surface area contributed by atoms with Gasteiger partial charge in [-0.15, -0.1) is 0 Å². The first-order valence-corrected chi connectivity index (χ1v) is 5.92. The normalized spacial score (nSPS) is 11.5. The van der Waals surface area contributed by atoms with E-state index in [1.165, 1.54) is 19.3 Å². The molecule has 0 atom stereocenters. The molecule has 0 aromatic heterocycles. The quantitative estimate of drug-likeness (QED) is 0.353. The van der Waals surface area contributed by atoms with Gasteiger partial charge in [-0.05, 0) is 6.42 Å². The van der Waals surface area contributed by atoms with E-state index in [2.05, 4.69) is 28.1 Å². The van der Waals surface area contributed by atoms with Gasteiger partial charge in [0.1, 0.15) is 0 Å². The summed E-state index contributed by atoms with van der Waals surface area (Å²) in [4.78, 5) is 11.3. The predicted molar refractivity (Wildman–Crippen MR) is 62.6 cm³/mol. The monoisotopic (exact) mass is 216 g/mol. The van der Waals surface area contributed by atoms with Crippen LogP contribution in [0, 0.1) is 0 Å². The van der Waals surface area contributed by atoms with E-state index in [1.807, 2.05) is 0 Å². The Balaban J connectivity index is 3.34. The summed E-state index contributed by atoms with van der Waals surface area (Å²) < 4.78 is 5.95. The van der Waals surface area contributed by atoms with Crippen molar-refractivity contribution in [1.29, 1.82) is 0 Å². The number of hydrogen-bond acceptors (Lipinski definition) is 2. The van der Waals surface area contributed by atoms with E-state index in [0.29, 0.717) is 13.0 Å². The fraction of sp³-hybridized carbons (Fsp3) is 0.917. The third kappa shape index (κ3) is 11.4. The van der Waals surface area contributed by atoms with Gasteiger partial charge in [0.05, 0.1) is 40.7 Å². The SMILES string of the molecule is CCCCCCOC(=O)CC[N+](C)(C)C. The number of hydrogen-bond donors (Lipinski definition) is 0. The van der Waals surface area contributed by atoms with Crippen molar-refractivity contribution in [3.8, 4) is 0 Å². The van der Waals surface area contributed by atoms with Crippen LogP contribution in [0.2, 0.25) is 0 Å². The lowest BCUT2D eigenvalue weighted by molar-refractivity contribution is -0.869. The second-order valence-electron chi connectivity index (χ2n) is 5.05. The molecule has 3 nitrogen and oxygen atoms in total. The van der Waals surface area contributed by atoms with E-state index >= 15 is 0 Å². The van der Waals surface area contributed by atoms with Gasteiger partial charge in [-0.3, -0.25) is 4.79 Å². The van der Waals surface area contributed by atoms with Gasteiger partial charge in [0.2, 0.25) is 0 Å². The summed E-state index contributed by atoms with van der Waals surface area (Å²) in [6.07, 6.45) is 5.15. The lowest BCUT2D eigenvalue weighted by Crippen LogP contribution is -2.36. The molecule has 0 amide bonds. The standard InChI is InChI=1S/C12H26NO2/c1-5-6-7-8-11-15-12(14)9-10-13(2,3)4/h5-11H2,1-4H3/q+1. The molecule has 0 N–H and O–H groups in total. The fourth-order valence-corrected chi connectivity index (χ4v) is 1.21. The minimum absolute atomic E-state index is 0.0560. The topological polar surface area (TPSA) is 26.3 Å². The van der Waals surface area contributed by atoms with Crippen molar-refractivity contribution >= 4 is 5.97 Å². The van der Waals surface area contributed by atoms with Crippen LogP contribution < -0.4 is 0 Å². The number of esters is 1. The zero-order valence-corrected chi connectivity index (χ0v) is 10.7. The molecule has 0 aliphatic rings. The lowest BCUT2D eigenvalue weighted by atomic mass is 10.2. The van der Waals surface area contributed by atoms with Crippen molar-refractivity contribution < 1.29 is 14.0 Å². The van der Waals surface area contributed by atoms with Crippen LogP contribution in [0.5, 0.6) is 0 Å². The molecule has 0 aliphatic carbocycles. The lowest BCUT2D eigenvalue weighted by Gasteiger charge is -2.23. The van der Waals surface area contributed by atoms with Gasteiger partial charge in [-0.2, -0.15) is 0 Å². The van der Waals surface area contributed by atoms with Crippen molar-refractivity contribution in [2.45, 2.75) is 39.0 Å². The highest BCUT2D eigenvalue weighted by atomic mass is 16.5. The molecule has 90 valence electrons. The van der Waals surface area contributed by atoms with Crippen molar-refractivity contribution in [1.82, 2.24) is 0 Å². The Morgan fingerprint density at radius 2 is 1.80 bits per heavy atom. The van der Waals surface area contributed by atoms with Gasteiger partial charge in [0, 0.05) is 0 Å². The fourth-order valence-electron chi connectivity index (χ4n) is 1.21. The molecule has 0 spiro atoms. The molecule has 15 heavy (non-hydrogen) atoms. The van der Waals surface area contributed by atoms with Crippen LogP contribution in [-0.2, 0) is 9.53 Å². The predicted octanol–water partition coefficient (Wildman–Crippen LogP) is 2.21. The van der Waals surface area contributed by atoms with Crippen LogP contribution in [0.1, 0.15) is 39.0 Å². The summed E-state index contributed by atoms with van der Waals surface area (Å²) in [6.45, 7) is 3.61. The maximum atomic E-state index is 11.3. The minimum atomic E-state index is -0.0560. The summed E-state index contributed by atoms with van der Waals surface area (Å²) >= 11 is 0. The first-order chi connectivity index (χ1) is 6.95. The highest BCUT2D eigenvalue weighted by molar-refractivity contribution is 5.69. The highest BCUT2D eigenvalue weighted by Crippen LogP contribution is 2.00. The number of nitrogens with zero attached hydrogens (tertiary/aromatic N) is 1. The molecule has 3 heteroatoms. The number of carbonyl (C=O) groups excluding carboxylic acids is 1. The van der Waals surface area contributed by atoms with Gasteiger partial charge in [0.25, 0.3) is 0 Å². The molecule has 0 aliphatic heterocycles. The van der Waals surface area contributed by atoms with Crippen molar-refractivity contribution in [3.63, 3.8) is 0 Å². The molecule has 0 rings (SSSR count). The van der Waals surface area contributed by atoms with E-state index in [-0.39, 0.29) is 5.97 Å². The minimum Gasteiger partial charge on any atom is -0.466 e. The third-order valence-corrected chi connectivity index (χ3v) is 2.25. The van der Waals surface area contributed by atoms with Gasteiger partial charge < -0.3 is 9.22 Å². The van der Waals surface area contributed by atoms with Crippen LogP contribution >= 0.6 is 0 Å². The molecule has 0 fully saturated rings. The average molecular weight is 216 g/mol. The molecule has 0 saturated heterocycles. The molecular formula is C12H26NO2+. The molecule has 0 aromatic carbocycles. The highest BCUT2D eigenvalue weighted by Gasteiger charge is 2.11. The molecule has 0 heterocycles. The zero-order valence-electron chi connectivity index (χ0n) is 10.7. The first-order valence-electron chi connectivity index (χ1n) is 5.92. The number of ether oxygens (including phenoxy) is 1. The Hall–Kier alpha value is -0.570. The van der Waals surface area contributed by atoms with E-state index in [1.54, 1.807) is 0 Å². The smallest absolute Gasteiger partial charge is 0.311 e. The molecule has 0 saturated carbocycles. The average Bonchev–Trinajstić information content (AvgIpc) is 2.13. The summed E-state index contributed by atoms with van der Waals surface area (Å²) in [7, 11) is 6.23. The number of rotatable bonds is 8. The Morgan fingerprint density at radius 3 is 2.33 bits per heavy atom. The zero-order chi connectivity index (χ0) is 11.7. The molecule has 0 aromatic rings. The maximum absolute atomic E-state index is 11.3. The summed E-state index contributed by atoms with van der Waals surface area (Å²) in [5, 5.41) is 0. The molecule has 0 radical (unpaired) electrons. The Bertz CT molecular complexity index is 173. The number of unbranched alkanes of at least 4 members (excludes halogenated alkanes) is 3. The van der Waals surface area contributed by atoms with E-state index in [4.69, 9.17) is 4.74 Å². The molecule has 0 bridgehead atoms. The van der Waals surface area contributed by atoms with E-state index < -0.39 is 0 Å². The van der Waals surface area contributed by atoms with Crippen LogP contribution in [0.15, 0.2) is 0 Å². The molecule has 0 unspecified atom stereocenters. The van der Waals surface area contributed by atoms with Crippen molar-refractivity contribution in [3.05, 3.63) is 0 Å². The summed E-state index contributed by atoms with van der Waals surface area (Å²) in [5.41, 5.74) is 0. The van der Waals surface area contributed by atoms with E-state index in [0.717, 1.165) is 17.4 Å². The Kier molecular flexibility index (Phi) is 7.39. The van der Waals surface area contributed by atoms with Crippen molar-refractivity contribution in [2.24, 2.45) is 0 Å². The molecular weight excluding hydrogens is 190 g/mol. The Morgan fingerprint density at radius 1 is 1.13 bits per heavy atom.